The van der Waals surface area contributed by atoms with Crippen LogP contribution in [0.4, 0.5) is 5.69 Å². The van der Waals surface area contributed by atoms with Crippen LogP contribution < -0.4 is 5.32 Å². The van der Waals surface area contributed by atoms with Gasteiger partial charge in [0.2, 0.25) is 0 Å². The summed E-state index contributed by atoms with van der Waals surface area (Å²) in [6, 6.07) is 8.95. The maximum Gasteiger partial charge on any atom is 0.181 e. The standard InChI is InChI=1S/C18H24N2O/c1-13-7-16(10-18(2,3)9-13)20-15-6-4-5-14(8-15)17-11-19-12-21-17/h4-6,8,11-13,16,20H,7,9-10H2,1-3H3. The molecule has 1 aromatic carbocycles. The van der Waals surface area contributed by atoms with Crippen molar-refractivity contribution in [3.8, 4) is 11.3 Å². The maximum atomic E-state index is 5.38. The van der Waals surface area contributed by atoms with Gasteiger partial charge in [-0.15, -0.1) is 0 Å². The first kappa shape index (κ1) is 14.2. The van der Waals surface area contributed by atoms with Gasteiger partial charge in [0.25, 0.3) is 0 Å². The minimum atomic E-state index is 0.428. The zero-order chi connectivity index (χ0) is 14.9. The zero-order valence-corrected chi connectivity index (χ0v) is 13.1. The fourth-order valence-corrected chi connectivity index (χ4v) is 3.81. The Balaban J connectivity index is 1.74. The van der Waals surface area contributed by atoms with Gasteiger partial charge in [-0.3, -0.25) is 0 Å². The van der Waals surface area contributed by atoms with E-state index in [9.17, 15) is 0 Å². The van der Waals surface area contributed by atoms with E-state index in [0.29, 0.717) is 11.5 Å². The molecule has 0 amide bonds. The first-order valence-corrected chi connectivity index (χ1v) is 7.77. The highest BCUT2D eigenvalue weighted by Crippen LogP contribution is 2.39. The van der Waals surface area contributed by atoms with Crippen LogP contribution in [-0.4, -0.2) is 11.0 Å². The number of oxazole rings is 1. The Hall–Kier alpha value is -1.77. The summed E-state index contributed by atoms with van der Waals surface area (Å²) in [5.41, 5.74) is 2.66. The van der Waals surface area contributed by atoms with Crippen molar-refractivity contribution in [1.82, 2.24) is 4.98 Å². The number of nitrogens with zero attached hydrogens (tertiary/aromatic N) is 1. The Morgan fingerprint density at radius 3 is 2.86 bits per heavy atom. The van der Waals surface area contributed by atoms with Crippen molar-refractivity contribution in [1.29, 1.82) is 0 Å². The van der Waals surface area contributed by atoms with Gasteiger partial charge in [-0.25, -0.2) is 4.98 Å². The second-order valence-electron chi connectivity index (χ2n) is 7.20. The SMILES string of the molecule is CC1CC(Nc2cccc(-c3cnco3)c2)CC(C)(C)C1. The lowest BCUT2D eigenvalue weighted by Crippen LogP contribution is -2.35. The van der Waals surface area contributed by atoms with E-state index in [2.05, 4.69) is 55.3 Å². The third kappa shape index (κ3) is 3.46. The quantitative estimate of drug-likeness (QED) is 0.865. The molecule has 3 rings (SSSR count). The molecule has 1 fully saturated rings. The molecule has 2 aromatic rings. The van der Waals surface area contributed by atoms with Crippen LogP contribution in [0.25, 0.3) is 11.3 Å². The highest BCUT2D eigenvalue weighted by atomic mass is 16.3. The molecule has 21 heavy (non-hydrogen) atoms. The van der Waals surface area contributed by atoms with Crippen molar-refractivity contribution in [2.24, 2.45) is 11.3 Å². The van der Waals surface area contributed by atoms with Gasteiger partial charge in [0.15, 0.2) is 12.2 Å². The van der Waals surface area contributed by atoms with E-state index in [-0.39, 0.29) is 0 Å². The molecule has 0 radical (unpaired) electrons. The number of hydrogen-bond acceptors (Lipinski definition) is 3. The molecule has 0 saturated heterocycles. The van der Waals surface area contributed by atoms with E-state index in [0.717, 1.165) is 17.2 Å². The Morgan fingerprint density at radius 2 is 2.14 bits per heavy atom. The van der Waals surface area contributed by atoms with Gasteiger partial charge < -0.3 is 9.73 Å². The number of benzene rings is 1. The largest absolute Gasteiger partial charge is 0.444 e. The third-order valence-electron chi connectivity index (χ3n) is 4.34. The number of hydrogen-bond donors (Lipinski definition) is 1. The molecule has 1 aliphatic rings. The summed E-state index contributed by atoms with van der Waals surface area (Å²) in [4.78, 5) is 3.99. The smallest absolute Gasteiger partial charge is 0.181 e. The molecule has 0 spiro atoms. The van der Waals surface area contributed by atoms with E-state index in [1.54, 1.807) is 6.20 Å². The molecule has 1 aromatic heterocycles. The normalized spacial score (nSPS) is 24.7. The molecule has 2 unspecified atom stereocenters. The van der Waals surface area contributed by atoms with Crippen molar-refractivity contribution in [3.05, 3.63) is 36.9 Å². The topological polar surface area (TPSA) is 38.1 Å². The van der Waals surface area contributed by atoms with Crippen LogP contribution in [0.5, 0.6) is 0 Å². The number of rotatable bonds is 3. The molecule has 1 heterocycles. The van der Waals surface area contributed by atoms with Crippen LogP contribution in [0, 0.1) is 11.3 Å². The molecule has 2 atom stereocenters. The highest BCUT2D eigenvalue weighted by Gasteiger charge is 2.31. The monoisotopic (exact) mass is 284 g/mol. The van der Waals surface area contributed by atoms with E-state index in [1.807, 2.05) is 0 Å². The van der Waals surface area contributed by atoms with Gasteiger partial charge >= 0.3 is 0 Å². The minimum absolute atomic E-state index is 0.428. The number of anilines is 1. The lowest BCUT2D eigenvalue weighted by molar-refractivity contribution is 0.178. The summed E-state index contributed by atoms with van der Waals surface area (Å²) >= 11 is 0. The second kappa shape index (κ2) is 5.55. The first-order chi connectivity index (χ1) is 10.0. The van der Waals surface area contributed by atoms with Gasteiger partial charge in [0, 0.05) is 17.3 Å². The number of aromatic nitrogens is 1. The third-order valence-corrected chi connectivity index (χ3v) is 4.34. The summed E-state index contributed by atoms with van der Waals surface area (Å²) in [6.45, 7) is 7.12. The Kier molecular flexibility index (Phi) is 3.75. The molecule has 1 N–H and O–H groups in total. The molecule has 0 bridgehead atoms. The van der Waals surface area contributed by atoms with Crippen LogP contribution in [0.2, 0.25) is 0 Å². The molecular weight excluding hydrogens is 260 g/mol. The van der Waals surface area contributed by atoms with Gasteiger partial charge in [-0.1, -0.05) is 32.9 Å². The lowest BCUT2D eigenvalue weighted by atomic mass is 9.70. The summed E-state index contributed by atoms with van der Waals surface area (Å²) < 4.78 is 5.38. The van der Waals surface area contributed by atoms with E-state index in [4.69, 9.17) is 4.42 Å². The van der Waals surface area contributed by atoms with Gasteiger partial charge in [0.05, 0.1) is 6.20 Å². The molecule has 3 nitrogen and oxygen atoms in total. The summed E-state index contributed by atoms with van der Waals surface area (Å²) in [5.74, 6) is 1.60. The Bertz CT molecular complexity index is 589. The summed E-state index contributed by atoms with van der Waals surface area (Å²) in [6.07, 6.45) is 7.02. The fraction of sp³-hybridized carbons (Fsp3) is 0.500. The van der Waals surface area contributed by atoms with Crippen LogP contribution in [0.3, 0.4) is 0 Å². The van der Waals surface area contributed by atoms with Gasteiger partial charge in [0.1, 0.15) is 0 Å². The number of nitrogens with one attached hydrogen (secondary N) is 1. The van der Waals surface area contributed by atoms with E-state index >= 15 is 0 Å². The lowest BCUT2D eigenvalue weighted by Gasteiger charge is -2.39. The van der Waals surface area contributed by atoms with Crippen LogP contribution in [0.1, 0.15) is 40.0 Å². The fourth-order valence-electron chi connectivity index (χ4n) is 3.81. The maximum absolute atomic E-state index is 5.38. The van der Waals surface area contributed by atoms with Crippen LogP contribution >= 0.6 is 0 Å². The molecule has 3 heteroatoms. The Morgan fingerprint density at radius 1 is 1.29 bits per heavy atom. The van der Waals surface area contributed by atoms with E-state index in [1.165, 1.54) is 31.3 Å². The zero-order valence-electron chi connectivity index (χ0n) is 13.1. The minimum Gasteiger partial charge on any atom is -0.444 e. The average Bonchev–Trinajstić information content (AvgIpc) is 2.90. The Labute approximate surface area is 126 Å². The second-order valence-corrected chi connectivity index (χ2v) is 7.20. The molecule has 112 valence electrons. The molecule has 1 aliphatic carbocycles. The molecule has 1 saturated carbocycles. The summed E-state index contributed by atoms with van der Waals surface area (Å²) in [7, 11) is 0. The van der Waals surface area contributed by atoms with Gasteiger partial charge in [-0.2, -0.15) is 0 Å². The summed E-state index contributed by atoms with van der Waals surface area (Å²) in [5, 5.41) is 3.71. The first-order valence-electron chi connectivity index (χ1n) is 7.77. The van der Waals surface area contributed by atoms with Crippen LogP contribution in [-0.2, 0) is 0 Å². The highest BCUT2D eigenvalue weighted by molar-refractivity contribution is 5.63. The van der Waals surface area contributed by atoms with Crippen molar-refractivity contribution in [2.75, 3.05) is 5.32 Å². The van der Waals surface area contributed by atoms with Gasteiger partial charge in [-0.05, 0) is 42.7 Å². The molecular formula is C18H24N2O. The predicted octanol–water partition coefficient (Wildman–Crippen LogP) is 4.97. The van der Waals surface area contributed by atoms with Crippen molar-refractivity contribution < 1.29 is 4.42 Å². The van der Waals surface area contributed by atoms with Crippen LogP contribution in [0.15, 0.2) is 41.3 Å². The average molecular weight is 284 g/mol. The van der Waals surface area contributed by atoms with E-state index < -0.39 is 0 Å². The van der Waals surface area contributed by atoms with Crippen molar-refractivity contribution >= 4 is 5.69 Å². The molecule has 0 aliphatic heterocycles. The predicted molar refractivity (Wildman–Crippen MR) is 86.1 cm³/mol. The van der Waals surface area contributed by atoms with Crippen molar-refractivity contribution in [2.45, 2.75) is 46.1 Å². The van der Waals surface area contributed by atoms with Crippen molar-refractivity contribution in [3.63, 3.8) is 0 Å².